The number of carbonyl (C=O) groups is 1. The molecule has 2 fully saturated rings. The summed E-state index contributed by atoms with van der Waals surface area (Å²) in [6.45, 7) is 4.70. The fourth-order valence-corrected chi connectivity index (χ4v) is 6.17. The monoisotopic (exact) mass is 526 g/mol. The molecule has 2 bridgehead atoms. The van der Waals surface area contributed by atoms with Gasteiger partial charge in [-0.2, -0.15) is 0 Å². The number of nitrogens with one attached hydrogen (secondary N) is 1. The number of carboxylic acids is 1. The molecule has 2 aromatic heterocycles. The van der Waals surface area contributed by atoms with Gasteiger partial charge in [0.25, 0.3) is 11.5 Å². The molecule has 202 valence electrons. The Balaban J connectivity index is 1.61. The molecule has 1 aliphatic carbocycles. The molecule has 1 saturated carbocycles. The van der Waals surface area contributed by atoms with Crippen molar-refractivity contribution in [2.75, 3.05) is 29.9 Å². The van der Waals surface area contributed by atoms with Crippen LogP contribution >= 0.6 is 0 Å². The van der Waals surface area contributed by atoms with Crippen LogP contribution in [0.3, 0.4) is 0 Å². The molecule has 0 spiro atoms. The van der Waals surface area contributed by atoms with Gasteiger partial charge >= 0.3 is 5.97 Å². The zero-order valence-corrected chi connectivity index (χ0v) is 21.7. The maximum Gasteiger partial charge on any atom is 0.337 e. The Morgan fingerprint density at radius 1 is 1.29 bits per heavy atom. The van der Waals surface area contributed by atoms with Crippen LogP contribution in [0.4, 0.5) is 20.3 Å². The van der Waals surface area contributed by atoms with E-state index in [0.717, 1.165) is 5.56 Å². The van der Waals surface area contributed by atoms with Gasteiger partial charge in [0, 0.05) is 36.5 Å². The molecule has 3 atom stereocenters. The van der Waals surface area contributed by atoms with E-state index >= 15 is 8.78 Å². The third kappa shape index (κ3) is 4.02. The van der Waals surface area contributed by atoms with E-state index in [1.54, 1.807) is 36.2 Å². The third-order valence-electron chi connectivity index (χ3n) is 8.25. The average molecular weight is 527 g/mol. The minimum absolute atomic E-state index is 0.0548. The summed E-state index contributed by atoms with van der Waals surface area (Å²) in [7, 11) is 0. The highest BCUT2D eigenvalue weighted by Crippen LogP contribution is 2.55. The first-order chi connectivity index (χ1) is 18.0. The average Bonchev–Trinajstić information content (AvgIpc) is 2.86. The van der Waals surface area contributed by atoms with E-state index in [-0.39, 0.29) is 30.6 Å². The predicted molar refractivity (Wildman–Crippen MR) is 140 cm³/mol. The molecule has 8 nitrogen and oxygen atoms in total. The van der Waals surface area contributed by atoms with Crippen LogP contribution in [0.15, 0.2) is 41.3 Å². The van der Waals surface area contributed by atoms with Gasteiger partial charge in [0.05, 0.1) is 29.2 Å². The lowest BCUT2D eigenvalue weighted by Crippen LogP contribution is -2.64. The molecule has 0 radical (unpaired) electrons. The number of nitrogens with zero attached hydrogens (tertiary/aromatic N) is 3. The molecule has 2 aliphatic rings. The number of alkyl halides is 2. The Hall–Kier alpha value is -3.53. The first kappa shape index (κ1) is 26.1. The van der Waals surface area contributed by atoms with E-state index in [4.69, 9.17) is 4.98 Å². The van der Waals surface area contributed by atoms with Gasteiger partial charge in [-0.15, -0.1) is 0 Å². The van der Waals surface area contributed by atoms with Crippen LogP contribution in [0.25, 0.3) is 5.65 Å². The van der Waals surface area contributed by atoms with Gasteiger partial charge in [-0.25, -0.2) is 18.6 Å². The lowest BCUT2D eigenvalue weighted by Gasteiger charge is -2.54. The standard InChI is InChI=1S/C28H32F2N4O4/c1-16-11-21(18(3)31-22-9-5-4-8-20(22)26(37)38)24-32-23(17(2)25(36)34(24)12-16)33-13-19-7-6-10-27(14-33,15-35)28(19,29)30/h4-5,8-9,11-12,18-19,31,35H,6-7,10,13-15H2,1-3H3,(H,37,38)/t18-,19?,27?/m1/s1. The minimum Gasteiger partial charge on any atom is -0.478 e. The van der Waals surface area contributed by atoms with E-state index < -0.39 is 35.9 Å². The van der Waals surface area contributed by atoms with Crippen molar-refractivity contribution in [1.29, 1.82) is 0 Å². The molecule has 1 saturated heterocycles. The number of halogens is 2. The number of aliphatic hydroxyl groups excluding tert-OH is 1. The second kappa shape index (κ2) is 9.34. The number of para-hydroxylation sites is 1. The zero-order valence-electron chi connectivity index (χ0n) is 21.7. The summed E-state index contributed by atoms with van der Waals surface area (Å²) in [4.78, 5) is 31.9. The number of piperidine rings is 1. The van der Waals surface area contributed by atoms with E-state index in [9.17, 15) is 19.8 Å². The summed E-state index contributed by atoms with van der Waals surface area (Å²) in [6.07, 6.45) is 2.89. The van der Waals surface area contributed by atoms with Crippen LogP contribution in [0, 0.1) is 25.2 Å². The van der Waals surface area contributed by atoms with Crippen LogP contribution < -0.4 is 15.8 Å². The van der Waals surface area contributed by atoms with Crippen LogP contribution in [0.2, 0.25) is 0 Å². The third-order valence-corrected chi connectivity index (χ3v) is 8.25. The SMILES string of the molecule is Cc1cc([C@@H](C)Nc2ccccc2C(=O)O)c2nc(N3CC4CCCC(CO)(C3)C4(F)F)c(C)c(=O)n2c1. The molecule has 0 amide bonds. The lowest BCUT2D eigenvalue weighted by molar-refractivity contribution is -0.209. The summed E-state index contributed by atoms with van der Waals surface area (Å²) in [5.74, 6) is -4.64. The van der Waals surface area contributed by atoms with Crippen molar-refractivity contribution in [3.8, 4) is 0 Å². The number of fused-ring (bicyclic) bond motifs is 3. The topological polar surface area (TPSA) is 107 Å². The molecule has 5 rings (SSSR count). The number of rotatable bonds is 6. The normalized spacial score (nSPS) is 23.3. The van der Waals surface area contributed by atoms with E-state index in [2.05, 4.69) is 5.32 Å². The molecular formula is C28H32F2N4O4. The largest absolute Gasteiger partial charge is 0.478 e. The Labute approximate surface area is 218 Å². The van der Waals surface area contributed by atoms with E-state index in [1.807, 2.05) is 19.9 Å². The summed E-state index contributed by atoms with van der Waals surface area (Å²) in [6, 6.07) is 8.02. The van der Waals surface area contributed by atoms with Gasteiger partial charge in [0.1, 0.15) is 11.5 Å². The molecule has 3 N–H and O–H groups in total. The van der Waals surface area contributed by atoms with Crippen LogP contribution in [0.1, 0.15) is 59.3 Å². The van der Waals surface area contributed by atoms with Gasteiger partial charge in [-0.05, 0) is 57.4 Å². The van der Waals surface area contributed by atoms with E-state index in [1.165, 1.54) is 10.5 Å². The smallest absolute Gasteiger partial charge is 0.337 e. The van der Waals surface area contributed by atoms with E-state index in [0.29, 0.717) is 41.1 Å². The highest BCUT2D eigenvalue weighted by molar-refractivity contribution is 5.94. The Kier molecular flexibility index (Phi) is 6.41. The maximum atomic E-state index is 15.3. The van der Waals surface area contributed by atoms with Crippen molar-refractivity contribution in [2.45, 2.75) is 52.0 Å². The number of pyridine rings is 1. The fourth-order valence-electron chi connectivity index (χ4n) is 6.17. The number of benzene rings is 1. The fraction of sp³-hybridized carbons (Fsp3) is 0.464. The van der Waals surface area contributed by atoms with Crippen molar-refractivity contribution in [2.24, 2.45) is 11.3 Å². The summed E-state index contributed by atoms with van der Waals surface area (Å²) < 4.78 is 32.0. The number of carboxylic acid groups (broad SMARTS) is 1. The predicted octanol–water partition coefficient (Wildman–Crippen LogP) is 4.42. The number of aryl methyl sites for hydroxylation is 1. The number of aromatic nitrogens is 2. The quantitative estimate of drug-likeness (QED) is 0.437. The Morgan fingerprint density at radius 3 is 2.74 bits per heavy atom. The number of aromatic carboxylic acids is 1. The molecule has 2 unspecified atom stereocenters. The highest BCUT2D eigenvalue weighted by Gasteiger charge is 2.63. The second-order valence-electron chi connectivity index (χ2n) is 10.8. The number of hydrogen-bond donors (Lipinski definition) is 3. The van der Waals surface area contributed by atoms with Crippen LogP contribution in [0.5, 0.6) is 0 Å². The van der Waals surface area contributed by atoms with Gasteiger partial charge in [0.15, 0.2) is 0 Å². The second-order valence-corrected chi connectivity index (χ2v) is 10.8. The van der Waals surface area contributed by atoms with Crippen LogP contribution in [-0.4, -0.2) is 51.2 Å². The number of anilines is 2. The molecule has 1 aliphatic heterocycles. The van der Waals surface area contributed by atoms with Crippen molar-refractivity contribution in [1.82, 2.24) is 9.38 Å². The van der Waals surface area contributed by atoms with Crippen molar-refractivity contribution >= 4 is 23.1 Å². The minimum atomic E-state index is -2.99. The maximum absolute atomic E-state index is 15.3. The molecule has 1 aromatic carbocycles. The summed E-state index contributed by atoms with van der Waals surface area (Å²) in [5, 5.41) is 22.9. The van der Waals surface area contributed by atoms with Gasteiger partial charge < -0.3 is 20.4 Å². The summed E-state index contributed by atoms with van der Waals surface area (Å²) in [5.41, 5.74) is 0.887. The van der Waals surface area contributed by atoms with Crippen molar-refractivity contribution < 1.29 is 23.8 Å². The van der Waals surface area contributed by atoms with Crippen molar-refractivity contribution in [3.63, 3.8) is 0 Å². The van der Waals surface area contributed by atoms with Gasteiger partial charge in [0.2, 0.25) is 0 Å². The zero-order chi connectivity index (χ0) is 27.4. The first-order valence-electron chi connectivity index (χ1n) is 12.8. The van der Waals surface area contributed by atoms with Crippen molar-refractivity contribution in [3.05, 3.63) is 69.1 Å². The van der Waals surface area contributed by atoms with Gasteiger partial charge in [-0.1, -0.05) is 18.6 Å². The Bertz CT molecular complexity index is 1470. The van der Waals surface area contributed by atoms with Gasteiger partial charge in [-0.3, -0.25) is 9.20 Å². The molecule has 3 aromatic rings. The highest BCUT2D eigenvalue weighted by atomic mass is 19.3. The summed E-state index contributed by atoms with van der Waals surface area (Å²) >= 11 is 0. The number of aliphatic hydroxyl groups is 1. The van der Waals surface area contributed by atoms with Crippen LogP contribution in [-0.2, 0) is 0 Å². The Morgan fingerprint density at radius 2 is 2.03 bits per heavy atom. The molecule has 3 heterocycles. The molecule has 38 heavy (non-hydrogen) atoms. The molecular weight excluding hydrogens is 494 g/mol. The number of hydrogen-bond acceptors (Lipinski definition) is 6. The first-order valence-corrected chi connectivity index (χ1v) is 12.8. The molecule has 10 heteroatoms. The lowest BCUT2D eigenvalue weighted by atomic mass is 9.63.